The van der Waals surface area contributed by atoms with Gasteiger partial charge in [-0.15, -0.1) is 10.2 Å². The fraction of sp³-hybridized carbons (Fsp3) is 0.556. The number of para-hydroxylation sites is 1. The average Bonchev–Trinajstić information content (AvgIpc) is 3.03. The highest BCUT2D eigenvalue weighted by Crippen LogP contribution is 2.35. The van der Waals surface area contributed by atoms with Gasteiger partial charge in [0.2, 0.25) is 0 Å². The Bertz CT molecular complexity index is 681. The molecule has 1 saturated carbocycles. The summed E-state index contributed by atoms with van der Waals surface area (Å²) in [5.41, 5.74) is 0.385. The number of hydrogen-bond donors (Lipinski definition) is 1. The second-order valence-corrected chi connectivity index (χ2v) is 7.27. The third kappa shape index (κ3) is 3.59. The second-order valence-electron chi connectivity index (χ2n) is 6.32. The summed E-state index contributed by atoms with van der Waals surface area (Å²) in [7, 11) is 1.67. The number of hydrogen-bond acceptors (Lipinski definition) is 5. The van der Waals surface area contributed by atoms with E-state index < -0.39 is 5.60 Å². The number of ether oxygens (including phenoxy) is 1. The van der Waals surface area contributed by atoms with Crippen molar-refractivity contribution in [2.75, 3.05) is 12.9 Å². The molecule has 0 saturated heterocycles. The van der Waals surface area contributed by atoms with Crippen LogP contribution < -0.4 is 4.74 Å². The fourth-order valence-corrected chi connectivity index (χ4v) is 4.42. The van der Waals surface area contributed by atoms with Crippen molar-refractivity contribution in [1.82, 2.24) is 14.8 Å². The molecule has 0 aliphatic heterocycles. The van der Waals surface area contributed by atoms with Crippen LogP contribution in [0.25, 0.3) is 11.4 Å². The molecule has 1 aliphatic carbocycles. The van der Waals surface area contributed by atoms with Crippen molar-refractivity contribution in [2.24, 2.45) is 0 Å². The third-order valence-corrected chi connectivity index (χ3v) is 5.88. The summed E-state index contributed by atoms with van der Waals surface area (Å²) in [6.45, 7) is 2.86. The average molecular weight is 347 g/mol. The van der Waals surface area contributed by atoms with Gasteiger partial charge in [-0.25, -0.2) is 0 Å². The lowest BCUT2D eigenvalue weighted by Crippen LogP contribution is -2.34. The van der Waals surface area contributed by atoms with E-state index in [1.54, 1.807) is 18.9 Å². The van der Waals surface area contributed by atoms with Crippen molar-refractivity contribution >= 4 is 11.8 Å². The molecule has 3 rings (SSSR count). The summed E-state index contributed by atoms with van der Waals surface area (Å²) in [6.07, 6.45) is 5.24. The van der Waals surface area contributed by atoms with Crippen LogP contribution in [-0.2, 0) is 6.54 Å². The molecule has 5 nitrogen and oxygen atoms in total. The lowest BCUT2D eigenvalue weighted by molar-refractivity contribution is 0.0272. The Labute approximate surface area is 147 Å². The van der Waals surface area contributed by atoms with E-state index in [1.807, 2.05) is 24.3 Å². The van der Waals surface area contributed by atoms with Crippen LogP contribution in [0.15, 0.2) is 29.4 Å². The van der Waals surface area contributed by atoms with Gasteiger partial charge in [-0.05, 0) is 31.9 Å². The SMILES string of the molecule is CCn1c(SCC2(O)CCCCC2)nnc1-c1ccccc1OC. The molecule has 1 fully saturated rings. The maximum atomic E-state index is 10.7. The van der Waals surface area contributed by atoms with Gasteiger partial charge in [0.25, 0.3) is 0 Å². The first-order valence-electron chi connectivity index (χ1n) is 8.58. The summed E-state index contributed by atoms with van der Waals surface area (Å²) >= 11 is 1.60. The smallest absolute Gasteiger partial charge is 0.191 e. The van der Waals surface area contributed by atoms with Crippen molar-refractivity contribution in [1.29, 1.82) is 0 Å². The highest BCUT2D eigenvalue weighted by molar-refractivity contribution is 7.99. The molecule has 0 bridgehead atoms. The minimum Gasteiger partial charge on any atom is -0.496 e. The van der Waals surface area contributed by atoms with Crippen molar-refractivity contribution in [3.63, 3.8) is 0 Å². The molecule has 1 aromatic carbocycles. The molecule has 1 N–H and O–H groups in total. The molecule has 2 aromatic rings. The molecular formula is C18H25N3O2S. The Morgan fingerprint density at radius 2 is 1.96 bits per heavy atom. The molecule has 0 radical (unpaired) electrons. The molecule has 0 amide bonds. The predicted octanol–water partition coefficient (Wildman–Crippen LogP) is 3.76. The van der Waals surface area contributed by atoms with Crippen LogP contribution in [0.2, 0.25) is 0 Å². The molecule has 0 unspecified atom stereocenters. The standard InChI is InChI=1S/C18H25N3O2S/c1-3-21-16(14-9-5-6-10-15(14)23-2)19-20-17(21)24-13-18(22)11-7-4-8-12-18/h5-6,9-10,22H,3-4,7-8,11-13H2,1-2H3. The minimum absolute atomic E-state index is 0.558. The van der Waals surface area contributed by atoms with Gasteiger partial charge in [0.05, 0.1) is 18.3 Å². The van der Waals surface area contributed by atoms with Gasteiger partial charge in [0, 0.05) is 12.3 Å². The number of aliphatic hydroxyl groups is 1. The van der Waals surface area contributed by atoms with Gasteiger partial charge in [-0.2, -0.15) is 0 Å². The maximum absolute atomic E-state index is 10.7. The first-order chi connectivity index (χ1) is 11.7. The van der Waals surface area contributed by atoms with Gasteiger partial charge >= 0.3 is 0 Å². The van der Waals surface area contributed by atoms with Crippen LogP contribution >= 0.6 is 11.8 Å². The molecule has 6 heteroatoms. The molecule has 0 spiro atoms. The second kappa shape index (κ2) is 7.57. The van der Waals surface area contributed by atoms with E-state index in [0.29, 0.717) is 5.75 Å². The highest BCUT2D eigenvalue weighted by Gasteiger charge is 2.30. The summed E-state index contributed by atoms with van der Waals surface area (Å²) in [4.78, 5) is 0. The zero-order valence-corrected chi connectivity index (χ0v) is 15.2. The van der Waals surface area contributed by atoms with Crippen molar-refractivity contribution in [3.05, 3.63) is 24.3 Å². The monoisotopic (exact) mass is 347 g/mol. The van der Waals surface area contributed by atoms with E-state index in [-0.39, 0.29) is 0 Å². The van der Waals surface area contributed by atoms with Gasteiger partial charge in [0.15, 0.2) is 11.0 Å². The number of benzene rings is 1. The summed E-state index contributed by atoms with van der Waals surface area (Å²) in [6, 6.07) is 7.85. The van der Waals surface area contributed by atoms with Crippen LogP contribution in [0.1, 0.15) is 39.0 Å². The van der Waals surface area contributed by atoms with Gasteiger partial charge in [-0.1, -0.05) is 43.2 Å². The Balaban J connectivity index is 1.82. The summed E-state index contributed by atoms with van der Waals surface area (Å²) in [5, 5.41) is 20.3. The quantitative estimate of drug-likeness (QED) is 0.806. The van der Waals surface area contributed by atoms with Crippen LogP contribution in [0.5, 0.6) is 5.75 Å². The van der Waals surface area contributed by atoms with Crippen molar-refractivity contribution in [3.8, 4) is 17.1 Å². The van der Waals surface area contributed by atoms with E-state index in [1.165, 1.54) is 6.42 Å². The number of methoxy groups -OCH3 is 1. The number of nitrogens with zero attached hydrogens (tertiary/aromatic N) is 3. The lowest BCUT2D eigenvalue weighted by atomic mass is 9.86. The number of rotatable bonds is 6. The van der Waals surface area contributed by atoms with E-state index in [0.717, 1.165) is 54.5 Å². The Hall–Kier alpha value is -1.53. The van der Waals surface area contributed by atoms with E-state index >= 15 is 0 Å². The highest BCUT2D eigenvalue weighted by atomic mass is 32.2. The zero-order chi connectivity index (χ0) is 17.0. The third-order valence-electron chi connectivity index (χ3n) is 4.64. The Morgan fingerprint density at radius 1 is 1.21 bits per heavy atom. The number of thioether (sulfide) groups is 1. The van der Waals surface area contributed by atoms with E-state index in [2.05, 4.69) is 21.7 Å². The van der Waals surface area contributed by atoms with Crippen molar-refractivity contribution < 1.29 is 9.84 Å². The molecule has 1 heterocycles. The normalized spacial score (nSPS) is 17.0. The molecule has 130 valence electrons. The molecule has 1 aromatic heterocycles. The maximum Gasteiger partial charge on any atom is 0.191 e. The molecule has 1 aliphatic rings. The summed E-state index contributed by atoms with van der Waals surface area (Å²) in [5.74, 6) is 2.28. The number of aromatic nitrogens is 3. The van der Waals surface area contributed by atoms with Gasteiger partial charge < -0.3 is 14.4 Å². The Morgan fingerprint density at radius 3 is 2.67 bits per heavy atom. The van der Waals surface area contributed by atoms with Crippen LogP contribution in [0.4, 0.5) is 0 Å². The fourth-order valence-electron chi connectivity index (χ4n) is 3.26. The topological polar surface area (TPSA) is 60.2 Å². The van der Waals surface area contributed by atoms with Crippen LogP contribution in [0.3, 0.4) is 0 Å². The Kier molecular flexibility index (Phi) is 5.46. The van der Waals surface area contributed by atoms with Crippen LogP contribution in [-0.4, -0.2) is 38.3 Å². The largest absolute Gasteiger partial charge is 0.496 e. The predicted molar refractivity (Wildman–Crippen MR) is 96.4 cm³/mol. The summed E-state index contributed by atoms with van der Waals surface area (Å²) < 4.78 is 7.54. The van der Waals surface area contributed by atoms with Gasteiger partial charge in [0.1, 0.15) is 5.75 Å². The van der Waals surface area contributed by atoms with Crippen LogP contribution in [0, 0.1) is 0 Å². The molecule has 24 heavy (non-hydrogen) atoms. The van der Waals surface area contributed by atoms with Gasteiger partial charge in [-0.3, -0.25) is 0 Å². The van der Waals surface area contributed by atoms with Crippen molar-refractivity contribution in [2.45, 2.75) is 56.3 Å². The lowest BCUT2D eigenvalue weighted by Gasteiger charge is -2.31. The molecular weight excluding hydrogens is 322 g/mol. The first kappa shape index (κ1) is 17.3. The first-order valence-corrected chi connectivity index (χ1v) is 9.57. The van der Waals surface area contributed by atoms with E-state index in [9.17, 15) is 5.11 Å². The minimum atomic E-state index is -0.558. The molecule has 0 atom stereocenters. The van der Waals surface area contributed by atoms with E-state index in [4.69, 9.17) is 4.74 Å². The zero-order valence-electron chi connectivity index (χ0n) is 14.4.